The lowest BCUT2D eigenvalue weighted by Gasteiger charge is -2.32. The van der Waals surface area contributed by atoms with Crippen LogP contribution in [-0.2, 0) is 6.42 Å². The predicted octanol–water partition coefficient (Wildman–Crippen LogP) is 3.02. The molecule has 1 heteroatoms. The van der Waals surface area contributed by atoms with Crippen molar-refractivity contribution in [2.75, 3.05) is 13.6 Å². The van der Waals surface area contributed by atoms with Crippen LogP contribution in [0.3, 0.4) is 0 Å². The molecule has 1 aromatic rings. The summed E-state index contributed by atoms with van der Waals surface area (Å²) in [6.45, 7) is 3.37. The van der Waals surface area contributed by atoms with Crippen LogP contribution in [0.4, 0.5) is 0 Å². The molecule has 1 aliphatic carbocycles. The SMILES string of the molecule is CCN(C)C1CCCc2ccccc21. The molecule has 0 amide bonds. The molecule has 0 spiro atoms. The van der Waals surface area contributed by atoms with E-state index in [1.807, 2.05) is 0 Å². The number of rotatable bonds is 2. The van der Waals surface area contributed by atoms with Crippen molar-refractivity contribution in [3.05, 3.63) is 35.4 Å². The summed E-state index contributed by atoms with van der Waals surface area (Å²) in [4.78, 5) is 2.46. The molecule has 76 valence electrons. The van der Waals surface area contributed by atoms with E-state index in [0.717, 1.165) is 6.54 Å². The van der Waals surface area contributed by atoms with Gasteiger partial charge in [0.1, 0.15) is 0 Å². The van der Waals surface area contributed by atoms with E-state index in [1.165, 1.54) is 19.3 Å². The fraction of sp³-hybridized carbons (Fsp3) is 0.538. The number of benzene rings is 1. The first kappa shape index (κ1) is 9.72. The van der Waals surface area contributed by atoms with Crippen molar-refractivity contribution in [3.63, 3.8) is 0 Å². The van der Waals surface area contributed by atoms with Crippen LogP contribution in [0.1, 0.15) is 36.9 Å². The summed E-state index contributed by atoms with van der Waals surface area (Å²) < 4.78 is 0. The third-order valence-electron chi connectivity index (χ3n) is 3.37. The summed E-state index contributed by atoms with van der Waals surface area (Å²) in [5.41, 5.74) is 3.12. The maximum Gasteiger partial charge on any atom is 0.0347 e. The van der Waals surface area contributed by atoms with Gasteiger partial charge in [-0.25, -0.2) is 0 Å². The molecule has 1 aromatic carbocycles. The van der Waals surface area contributed by atoms with Crippen LogP contribution in [-0.4, -0.2) is 18.5 Å². The number of fused-ring (bicyclic) bond motifs is 1. The fourth-order valence-electron chi connectivity index (χ4n) is 2.41. The highest BCUT2D eigenvalue weighted by Gasteiger charge is 2.21. The third kappa shape index (κ3) is 1.69. The minimum atomic E-state index is 0.657. The molecule has 0 fully saturated rings. The van der Waals surface area contributed by atoms with Crippen LogP contribution in [0, 0.1) is 0 Å². The molecule has 0 N–H and O–H groups in total. The van der Waals surface area contributed by atoms with Crippen molar-refractivity contribution >= 4 is 0 Å². The van der Waals surface area contributed by atoms with Gasteiger partial charge in [0.15, 0.2) is 0 Å². The van der Waals surface area contributed by atoms with Gasteiger partial charge in [-0.05, 0) is 44.0 Å². The third-order valence-corrected chi connectivity index (χ3v) is 3.37. The van der Waals surface area contributed by atoms with Crippen molar-refractivity contribution in [1.82, 2.24) is 4.90 Å². The van der Waals surface area contributed by atoms with E-state index in [9.17, 15) is 0 Å². The zero-order valence-corrected chi connectivity index (χ0v) is 9.16. The van der Waals surface area contributed by atoms with E-state index in [4.69, 9.17) is 0 Å². The van der Waals surface area contributed by atoms with Crippen molar-refractivity contribution in [1.29, 1.82) is 0 Å². The first-order valence-corrected chi connectivity index (χ1v) is 5.61. The average molecular weight is 189 g/mol. The summed E-state index contributed by atoms with van der Waals surface area (Å²) in [6, 6.07) is 9.56. The molecule has 2 rings (SSSR count). The molecular weight excluding hydrogens is 170 g/mol. The number of hydrogen-bond donors (Lipinski definition) is 0. The standard InChI is InChI=1S/C13H19N/c1-3-14(2)13-10-6-8-11-7-4-5-9-12(11)13/h4-5,7,9,13H,3,6,8,10H2,1-2H3. The Labute approximate surface area is 86.7 Å². The maximum atomic E-state index is 2.46. The second kappa shape index (κ2) is 4.14. The Morgan fingerprint density at radius 1 is 1.36 bits per heavy atom. The first-order chi connectivity index (χ1) is 6.83. The smallest absolute Gasteiger partial charge is 0.0347 e. The molecule has 1 unspecified atom stereocenters. The fourth-order valence-corrected chi connectivity index (χ4v) is 2.41. The van der Waals surface area contributed by atoms with Crippen LogP contribution in [0.25, 0.3) is 0 Å². The molecule has 1 aliphatic rings. The maximum absolute atomic E-state index is 2.46. The number of nitrogens with zero attached hydrogens (tertiary/aromatic N) is 1. The van der Waals surface area contributed by atoms with Crippen LogP contribution >= 0.6 is 0 Å². The predicted molar refractivity (Wildman–Crippen MR) is 60.4 cm³/mol. The average Bonchev–Trinajstić information content (AvgIpc) is 2.27. The first-order valence-electron chi connectivity index (χ1n) is 5.61. The molecule has 0 aromatic heterocycles. The Morgan fingerprint density at radius 2 is 2.14 bits per heavy atom. The highest BCUT2D eigenvalue weighted by molar-refractivity contribution is 5.32. The second-order valence-corrected chi connectivity index (χ2v) is 4.18. The van der Waals surface area contributed by atoms with E-state index in [2.05, 4.69) is 43.1 Å². The monoisotopic (exact) mass is 189 g/mol. The zero-order chi connectivity index (χ0) is 9.97. The molecular formula is C13H19N. The molecule has 14 heavy (non-hydrogen) atoms. The largest absolute Gasteiger partial charge is 0.300 e. The van der Waals surface area contributed by atoms with Gasteiger partial charge in [0, 0.05) is 6.04 Å². The van der Waals surface area contributed by atoms with Crippen molar-refractivity contribution in [2.24, 2.45) is 0 Å². The molecule has 0 bridgehead atoms. The molecule has 0 aliphatic heterocycles. The van der Waals surface area contributed by atoms with Gasteiger partial charge in [0.05, 0.1) is 0 Å². The van der Waals surface area contributed by atoms with Gasteiger partial charge in [-0.2, -0.15) is 0 Å². The van der Waals surface area contributed by atoms with Gasteiger partial charge >= 0.3 is 0 Å². The van der Waals surface area contributed by atoms with Crippen LogP contribution in [0.15, 0.2) is 24.3 Å². The number of hydrogen-bond acceptors (Lipinski definition) is 1. The summed E-state index contributed by atoms with van der Waals surface area (Å²) in [6.07, 6.45) is 3.93. The van der Waals surface area contributed by atoms with E-state index in [1.54, 1.807) is 11.1 Å². The van der Waals surface area contributed by atoms with Crippen molar-refractivity contribution < 1.29 is 0 Å². The Kier molecular flexibility index (Phi) is 2.87. The molecule has 0 heterocycles. The molecule has 0 radical (unpaired) electrons. The Hall–Kier alpha value is -0.820. The summed E-state index contributed by atoms with van der Waals surface area (Å²) in [7, 11) is 2.23. The Morgan fingerprint density at radius 3 is 2.93 bits per heavy atom. The van der Waals surface area contributed by atoms with Gasteiger partial charge in [-0.15, -0.1) is 0 Å². The quantitative estimate of drug-likeness (QED) is 0.691. The van der Waals surface area contributed by atoms with Gasteiger partial charge in [-0.3, -0.25) is 4.90 Å². The van der Waals surface area contributed by atoms with E-state index < -0.39 is 0 Å². The van der Waals surface area contributed by atoms with Gasteiger partial charge in [-0.1, -0.05) is 31.2 Å². The summed E-state index contributed by atoms with van der Waals surface area (Å²) in [5, 5.41) is 0. The minimum absolute atomic E-state index is 0.657. The molecule has 0 saturated heterocycles. The Balaban J connectivity index is 2.30. The molecule has 1 nitrogen and oxygen atoms in total. The number of aryl methyl sites for hydroxylation is 1. The van der Waals surface area contributed by atoms with Gasteiger partial charge in [0.25, 0.3) is 0 Å². The zero-order valence-electron chi connectivity index (χ0n) is 9.16. The van der Waals surface area contributed by atoms with Gasteiger partial charge in [0.2, 0.25) is 0 Å². The Bertz CT molecular complexity index is 306. The summed E-state index contributed by atoms with van der Waals surface area (Å²) in [5.74, 6) is 0. The lowest BCUT2D eigenvalue weighted by molar-refractivity contribution is 0.232. The van der Waals surface area contributed by atoms with Crippen molar-refractivity contribution in [3.8, 4) is 0 Å². The minimum Gasteiger partial charge on any atom is -0.300 e. The van der Waals surface area contributed by atoms with Crippen LogP contribution in [0.5, 0.6) is 0 Å². The highest BCUT2D eigenvalue weighted by Crippen LogP contribution is 2.32. The van der Waals surface area contributed by atoms with E-state index in [0.29, 0.717) is 6.04 Å². The molecule has 0 saturated carbocycles. The lowest BCUT2D eigenvalue weighted by Crippen LogP contribution is -2.27. The molecule has 1 atom stereocenters. The van der Waals surface area contributed by atoms with Crippen molar-refractivity contribution in [2.45, 2.75) is 32.2 Å². The van der Waals surface area contributed by atoms with Crippen LogP contribution in [0.2, 0.25) is 0 Å². The van der Waals surface area contributed by atoms with E-state index in [-0.39, 0.29) is 0 Å². The topological polar surface area (TPSA) is 3.24 Å². The normalized spacial score (nSPS) is 20.9. The second-order valence-electron chi connectivity index (χ2n) is 4.18. The van der Waals surface area contributed by atoms with Gasteiger partial charge < -0.3 is 0 Å². The highest BCUT2D eigenvalue weighted by atomic mass is 15.1. The lowest BCUT2D eigenvalue weighted by atomic mass is 9.87. The van der Waals surface area contributed by atoms with E-state index >= 15 is 0 Å². The van der Waals surface area contributed by atoms with Crippen LogP contribution < -0.4 is 0 Å². The summed E-state index contributed by atoms with van der Waals surface area (Å²) >= 11 is 0.